The normalized spacial score (nSPS) is 20.4. The second kappa shape index (κ2) is 5.75. The predicted molar refractivity (Wildman–Crippen MR) is 70.7 cm³/mol. The van der Waals surface area contributed by atoms with Gasteiger partial charge in [0.2, 0.25) is 0 Å². The monoisotopic (exact) mass is 286 g/mol. The van der Waals surface area contributed by atoms with Crippen LogP contribution < -0.4 is 10.5 Å². The van der Waals surface area contributed by atoms with Gasteiger partial charge < -0.3 is 15.4 Å². The van der Waals surface area contributed by atoms with Crippen molar-refractivity contribution in [1.82, 2.24) is 4.90 Å². The van der Waals surface area contributed by atoms with Crippen LogP contribution >= 0.6 is 11.6 Å². The van der Waals surface area contributed by atoms with Crippen LogP contribution in [0.5, 0.6) is 5.75 Å². The lowest BCUT2D eigenvalue weighted by Crippen LogP contribution is -2.40. The number of amides is 1. The Morgan fingerprint density at radius 1 is 1.63 bits per heavy atom. The number of likely N-dealkylation sites (tertiary alicyclic amines) is 1. The summed E-state index contributed by atoms with van der Waals surface area (Å²) in [5.74, 6) is -0.275. The van der Waals surface area contributed by atoms with E-state index in [0.717, 1.165) is 12.5 Å². The summed E-state index contributed by atoms with van der Waals surface area (Å²) in [6, 6.07) is 3.84. The summed E-state index contributed by atoms with van der Waals surface area (Å²) in [6.45, 7) is 2.83. The second-order valence-electron chi connectivity index (χ2n) is 4.67. The number of nitrogens with zero attached hydrogens (tertiary/aromatic N) is 1. The van der Waals surface area contributed by atoms with Crippen LogP contribution in [-0.2, 0) is 4.79 Å². The number of halogens is 2. The van der Waals surface area contributed by atoms with Crippen molar-refractivity contribution in [1.29, 1.82) is 0 Å². The van der Waals surface area contributed by atoms with Gasteiger partial charge in [-0.15, -0.1) is 0 Å². The second-order valence-corrected chi connectivity index (χ2v) is 5.08. The molecule has 1 amide bonds. The van der Waals surface area contributed by atoms with Crippen LogP contribution in [0.1, 0.15) is 13.3 Å². The summed E-state index contributed by atoms with van der Waals surface area (Å²) in [7, 11) is 0. The molecule has 1 saturated heterocycles. The fourth-order valence-corrected chi connectivity index (χ4v) is 2.27. The Hall–Kier alpha value is -1.33. The van der Waals surface area contributed by atoms with E-state index in [2.05, 4.69) is 0 Å². The standard InChI is InChI=1S/C13H16ClFN2O2/c1-8(13(18)17-5-4-10(16)7-17)19-12-3-2-9(15)6-11(12)14/h2-3,6,8,10H,4-5,7,16H2,1H3/t8-,10+/m1/s1. The molecule has 0 bridgehead atoms. The summed E-state index contributed by atoms with van der Waals surface area (Å²) in [6.07, 6.45) is 0.128. The summed E-state index contributed by atoms with van der Waals surface area (Å²) in [5, 5.41) is 0.151. The minimum Gasteiger partial charge on any atom is -0.479 e. The van der Waals surface area contributed by atoms with Gasteiger partial charge in [0.05, 0.1) is 5.02 Å². The molecule has 0 unspecified atom stereocenters. The van der Waals surface area contributed by atoms with Crippen LogP contribution in [0.3, 0.4) is 0 Å². The highest BCUT2D eigenvalue weighted by Crippen LogP contribution is 2.26. The molecule has 1 aliphatic rings. The van der Waals surface area contributed by atoms with Gasteiger partial charge in [0.15, 0.2) is 6.10 Å². The SMILES string of the molecule is C[C@@H](Oc1ccc(F)cc1Cl)C(=O)N1CC[C@H](N)C1. The predicted octanol–water partition coefficient (Wildman–Crippen LogP) is 1.81. The van der Waals surface area contributed by atoms with E-state index in [1.54, 1.807) is 11.8 Å². The van der Waals surface area contributed by atoms with E-state index in [0.29, 0.717) is 18.8 Å². The van der Waals surface area contributed by atoms with Gasteiger partial charge in [0, 0.05) is 19.1 Å². The zero-order valence-corrected chi connectivity index (χ0v) is 11.4. The van der Waals surface area contributed by atoms with Crippen LogP contribution in [0, 0.1) is 5.82 Å². The summed E-state index contributed by atoms with van der Waals surface area (Å²) in [4.78, 5) is 13.8. The fourth-order valence-electron chi connectivity index (χ4n) is 2.06. The smallest absolute Gasteiger partial charge is 0.263 e. The number of hydrogen-bond donors (Lipinski definition) is 1. The van der Waals surface area contributed by atoms with Gasteiger partial charge in [-0.1, -0.05) is 11.6 Å². The van der Waals surface area contributed by atoms with Crippen LogP contribution in [-0.4, -0.2) is 36.0 Å². The van der Waals surface area contributed by atoms with Gasteiger partial charge in [-0.2, -0.15) is 0 Å². The lowest BCUT2D eigenvalue weighted by atomic mass is 10.3. The van der Waals surface area contributed by atoms with Crippen LogP contribution in [0.2, 0.25) is 5.02 Å². The molecule has 6 heteroatoms. The molecule has 1 heterocycles. The number of carbonyl (C=O) groups excluding carboxylic acids is 1. The van der Waals surface area contributed by atoms with E-state index in [9.17, 15) is 9.18 Å². The van der Waals surface area contributed by atoms with Gasteiger partial charge >= 0.3 is 0 Å². The average Bonchev–Trinajstić information content (AvgIpc) is 2.78. The van der Waals surface area contributed by atoms with Crippen molar-refractivity contribution in [2.45, 2.75) is 25.5 Å². The lowest BCUT2D eigenvalue weighted by molar-refractivity contribution is -0.136. The van der Waals surface area contributed by atoms with Crippen molar-refractivity contribution in [3.05, 3.63) is 29.0 Å². The number of hydrogen-bond acceptors (Lipinski definition) is 3. The van der Waals surface area contributed by atoms with E-state index >= 15 is 0 Å². The molecule has 1 aromatic carbocycles. The number of ether oxygens (including phenoxy) is 1. The average molecular weight is 287 g/mol. The molecule has 1 aromatic rings. The van der Waals surface area contributed by atoms with Crippen molar-refractivity contribution in [2.24, 2.45) is 5.73 Å². The third-order valence-corrected chi connectivity index (χ3v) is 3.38. The van der Waals surface area contributed by atoms with Crippen molar-refractivity contribution < 1.29 is 13.9 Å². The molecule has 2 rings (SSSR count). The molecule has 0 saturated carbocycles. The van der Waals surface area contributed by atoms with Gasteiger partial charge in [-0.3, -0.25) is 4.79 Å². The molecular formula is C13H16ClFN2O2. The molecule has 2 atom stereocenters. The molecule has 1 fully saturated rings. The summed E-state index contributed by atoms with van der Waals surface area (Å²) < 4.78 is 18.4. The highest BCUT2D eigenvalue weighted by molar-refractivity contribution is 6.32. The summed E-state index contributed by atoms with van der Waals surface area (Å²) >= 11 is 5.85. The van der Waals surface area contributed by atoms with Crippen molar-refractivity contribution in [3.63, 3.8) is 0 Å². The maximum atomic E-state index is 12.9. The number of rotatable bonds is 3. The first-order chi connectivity index (χ1) is 8.97. The highest BCUT2D eigenvalue weighted by atomic mass is 35.5. The van der Waals surface area contributed by atoms with E-state index in [4.69, 9.17) is 22.1 Å². The Kier molecular flexibility index (Phi) is 4.27. The topological polar surface area (TPSA) is 55.6 Å². The Morgan fingerprint density at radius 3 is 2.95 bits per heavy atom. The molecule has 0 radical (unpaired) electrons. The highest BCUT2D eigenvalue weighted by Gasteiger charge is 2.28. The van der Waals surface area contributed by atoms with E-state index in [1.165, 1.54) is 12.1 Å². The number of carbonyl (C=O) groups is 1. The molecule has 0 aromatic heterocycles. The Labute approximate surface area is 116 Å². The third-order valence-electron chi connectivity index (χ3n) is 3.08. The first-order valence-corrected chi connectivity index (χ1v) is 6.51. The van der Waals surface area contributed by atoms with Crippen LogP contribution in [0.15, 0.2) is 18.2 Å². The van der Waals surface area contributed by atoms with Crippen LogP contribution in [0.4, 0.5) is 4.39 Å². The van der Waals surface area contributed by atoms with Gasteiger partial charge in [0.25, 0.3) is 5.91 Å². The van der Waals surface area contributed by atoms with Crippen molar-refractivity contribution in [2.75, 3.05) is 13.1 Å². The van der Waals surface area contributed by atoms with Gasteiger partial charge in [0.1, 0.15) is 11.6 Å². The number of benzene rings is 1. The van der Waals surface area contributed by atoms with Crippen LogP contribution in [0.25, 0.3) is 0 Å². The minimum absolute atomic E-state index is 0.0329. The quantitative estimate of drug-likeness (QED) is 0.922. The Balaban J connectivity index is 2.00. The Morgan fingerprint density at radius 2 is 2.37 bits per heavy atom. The molecule has 0 aliphatic carbocycles. The maximum absolute atomic E-state index is 12.9. The number of nitrogens with two attached hydrogens (primary N) is 1. The molecule has 2 N–H and O–H groups in total. The summed E-state index contributed by atoms with van der Waals surface area (Å²) in [5.41, 5.74) is 5.76. The Bertz CT molecular complexity index is 484. The fraction of sp³-hybridized carbons (Fsp3) is 0.462. The minimum atomic E-state index is -0.673. The van der Waals surface area contributed by atoms with Gasteiger partial charge in [-0.25, -0.2) is 4.39 Å². The van der Waals surface area contributed by atoms with Gasteiger partial charge in [-0.05, 0) is 31.5 Å². The van der Waals surface area contributed by atoms with E-state index in [1.807, 2.05) is 0 Å². The van der Waals surface area contributed by atoms with E-state index in [-0.39, 0.29) is 17.0 Å². The molecule has 104 valence electrons. The molecular weight excluding hydrogens is 271 g/mol. The zero-order chi connectivity index (χ0) is 14.0. The maximum Gasteiger partial charge on any atom is 0.263 e. The van der Waals surface area contributed by atoms with Crippen molar-refractivity contribution >= 4 is 17.5 Å². The first kappa shape index (κ1) is 14.1. The molecule has 4 nitrogen and oxygen atoms in total. The first-order valence-electron chi connectivity index (χ1n) is 6.13. The molecule has 1 aliphatic heterocycles. The lowest BCUT2D eigenvalue weighted by Gasteiger charge is -2.21. The van der Waals surface area contributed by atoms with E-state index < -0.39 is 11.9 Å². The molecule has 0 spiro atoms. The largest absolute Gasteiger partial charge is 0.479 e. The molecule has 19 heavy (non-hydrogen) atoms. The zero-order valence-electron chi connectivity index (χ0n) is 10.6. The van der Waals surface area contributed by atoms with Crippen molar-refractivity contribution in [3.8, 4) is 5.75 Å². The third kappa shape index (κ3) is 3.36.